The van der Waals surface area contributed by atoms with E-state index in [1.54, 1.807) is 37.3 Å². The lowest BCUT2D eigenvalue weighted by molar-refractivity contribution is -0.116. The van der Waals surface area contributed by atoms with Gasteiger partial charge in [0.1, 0.15) is 0 Å². The van der Waals surface area contributed by atoms with Gasteiger partial charge in [0.2, 0.25) is 15.9 Å². The van der Waals surface area contributed by atoms with Gasteiger partial charge in [-0.15, -0.1) is 0 Å². The van der Waals surface area contributed by atoms with Crippen molar-refractivity contribution in [1.29, 1.82) is 0 Å². The number of carbonyl (C=O) groups is 1. The van der Waals surface area contributed by atoms with E-state index < -0.39 is 10.0 Å². The van der Waals surface area contributed by atoms with Crippen molar-refractivity contribution in [2.75, 3.05) is 5.32 Å². The number of rotatable bonds is 4. The van der Waals surface area contributed by atoms with Gasteiger partial charge in [0.05, 0.1) is 10.8 Å². The zero-order chi connectivity index (χ0) is 16.6. The molecule has 2 aromatic rings. The van der Waals surface area contributed by atoms with Crippen LogP contribution >= 0.6 is 11.6 Å². The van der Waals surface area contributed by atoms with Crippen molar-refractivity contribution in [1.82, 2.24) is 4.72 Å². The summed E-state index contributed by atoms with van der Waals surface area (Å²) in [5.74, 6) is -0.484. The molecule has 1 amide bonds. The van der Waals surface area contributed by atoms with Gasteiger partial charge in [-0.1, -0.05) is 29.8 Å². The topological polar surface area (TPSA) is 75.3 Å². The Morgan fingerprint density at radius 3 is 2.70 bits per heavy atom. The van der Waals surface area contributed by atoms with E-state index in [-0.39, 0.29) is 23.3 Å². The molecular formula is C16H15ClN2O3S. The maximum Gasteiger partial charge on any atom is 0.240 e. The summed E-state index contributed by atoms with van der Waals surface area (Å²) in [5, 5.41) is 3.23. The summed E-state index contributed by atoms with van der Waals surface area (Å²) >= 11 is 6.03. The van der Waals surface area contributed by atoms with Crippen LogP contribution in [0.2, 0.25) is 5.02 Å². The normalized spacial score (nSPS) is 17.0. The lowest BCUT2D eigenvalue weighted by atomic mass is 10.0. The third kappa shape index (κ3) is 3.10. The van der Waals surface area contributed by atoms with Crippen molar-refractivity contribution in [2.45, 2.75) is 24.3 Å². The van der Waals surface area contributed by atoms with E-state index >= 15 is 0 Å². The highest BCUT2D eigenvalue weighted by atomic mass is 35.5. The van der Waals surface area contributed by atoms with Gasteiger partial charge in [-0.05, 0) is 42.3 Å². The quantitative estimate of drug-likeness (QED) is 0.890. The first-order valence-corrected chi connectivity index (χ1v) is 8.92. The van der Waals surface area contributed by atoms with Gasteiger partial charge in [0, 0.05) is 17.3 Å². The first kappa shape index (κ1) is 16.0. The monoisotopic (exact) mass is 350 g/mol. The second kappa shape index (κ2) is 5.96. The number of fused-ring (bicyclic) bond motifs is 1. The molecule has 1 atom stereocenters. The fourth-order valence-electron chi connectivity index (χ4n) is 2.46. The molecule has 1 aliphatic rings. The zero-order valence-electron chi connectivity index (χ0n) is 12.3. The number of benzene rings is 2. The molecule has 7 heteroatoms. The Kier molecular flexibility index (Phi) is 4.14. The minimum Gasteiger partial charge on any atom is -0.325 e. The molecule has 0 saturated carbocycles. The third-order valence-electron chi connectivity index (χ3n) is 3.86. The van der Waals surface area contributed by atoms with Crippen LogP contribution in [0.4, 0.5) is 5.69 Å². The SMILES string of the molecule is C[C@@H]1C(=O)Nc2ccc(S(=O)(=O)NCc3ccccc3Cl)cc21. The Morgan fingerprint density at radius 2 is 1.96 bits per heavy atom. The van der Waals surface area contributed by atoms with Crippen LogP contribution in [0.3, 0.4) is 0 Å². The van der Waals surface area contributed by atoms with Crippen molar-refractivity contribution >= 4 is 33.2 Å². The number of carbonyl (C=O) groups excluding carboxylic acids is 1. The molecule has 0 spiro atoms. The zero-order valence-corrected chi connectivity index (χ0v) is 13.9. The molecule has 0 aliphatic carbocycles. The van der Waals surface area contributed by atoms with Crippen LogP contribution in [0, 0.1) is 0 Å². The molecule has 0 bridgehead atoms. The molecular weight excluding hydrogens is 336 g/mol. The molecule has 1 heterocycles. The molecule has 1 aliphatic heterocycles. The molecule has 0 fully saturated rings. The molecule has 120 valence electrons. The van der Waals surface area contributed by atoms with Crippen LogP contribution in [0.5, 0.6) is 0 Å². The second-order valence-corrected chi connectivity index (χ2v) is 7.55. The van der Waals surface area contributed by atoms with E-state index in [0.717, 1.165) is 0 Å². The smallest absolute Gasteiger partial charge is 0.240 e. The minimum atomic E-state index is -3.69. The maximum atomic E-state index is 12.4. The average Bonchev–Trinajstić information content (AvgIpc) is 2.81. The summed E-state index contributed by atoms with van der Waals surface area (Å²) in [6, 6.07) is 11.7. The Balaban J connectivity index is 1.84. The molecule has 0 unspecified atom stereocenters. The van der Waals surface area contributed by atoms with Gasteiger partial charge >= 0.3 is 0 Å². The molecule has 0 radical (unpaired) electrons. The number of hydrogen-bond donors (Lipinski definition) is 2. The van der Waals surface area contributed by atoms with Crippen LogP contribution in [0.15, 0.2) is 47.4 Å². The van der Waals surface area contributed by atoms with E-state index in [4.69, 9.17) is 11.6 Å². The van der Waals surface area contributed by atoms with Gasteiger partial charge in [-0.2, -0.15) is 0 Å². The number of amides is 1. The Hall–Kier alpha value is -1.89. The molecule has 23 heavy (non-hydrogen) atoms. The fraction of sp³-hybridized carbons (Fsp3) is 0.188. The largest absolute Gasteiger partial charge is 0.325 e. The lowest BCUT2D eigenvalue weighted by Gasteiger charge is -2.10. The molecule has 2 N–H and O–H groups in total. The van der Waals surface area contributed by atoms with Gasteiger partial charge in [0.25, 0.3) is 0 Å². The van der Waals surface area contributed by atoms with Crippen molar-refractivity contribution in [2.24, 2.45) is 0 Å². The first-order valence-electron chi connectivity index (χ1n) is 7.06. The highest BCUT2D eigenvalue weighted by molar-refractivity contribution is 7.89. The van der Waals surface area contributed by atoms with Gasteiger partial charge in [-0.3, -0.25) is 4.79 Å². The van der Waals surface area contributed by atoms with E-state index in [9.17, 15) is 13.2 Å². The van der Waals surface area contributed by atoms with Crippen molar-refractivity contribution in [3.63, 3.8) is 0 Å². The lowest BCUT2D eigenvalue weighted by Crippen LogP contribution is -2.23. The Morgan fingerprint density at radius 1 is 1.22 bits per heavy atom. The van der Waals surface area contributed by atoms with Crippen LogP contribution in [0.1, 0.15) is 24.0 Å². The van der Waals surface area contributed by atoms with Gasteiger partial charge in [0.15, 0.2) is 0 Å². The van der Waals surface area contributed by atoms with E-state index in [2.05, 4.69) is 10.0 Å². The number of nitrogens with one attached hydrogen (secondary N) is 2. The molecule has 5 nitrogen and oxygen atoms in total. The predicted molar refractivity (Wildman–Crippen MR) is 89.0 cm³/mol. The van der Waals surface area contributed by atoms with E-state index in [1.165, 1.54) is 12.1 Å². The van der Waals surface area contributed by atoms with Crippen molar-refractivity contribution in [3.8, 4) is 0 Å². The Labute approximate surface area is 139 Å². The molecule has 0 saturated heterocycles. The van der Waals surface area contributed by atoms with E-state index in [1.807, 2.05) is 0 Å². The highest BCUT2D eigenvalue weighted by Crippen LogP contribution is 2.33. The average molecular weight is 351 g/mol. The van der Waals surface area contributed by atoms with Gasteiger partial charge < -0.3 is 5.32 Å². The summed E-state index contributed by atoms with van der Waals surface area (Å²) in [6.07, 6.45) is 0. The van der Waals surface area contributed by atoms with E-state index in [0.29, 0.717) is 21.8 Å². The number of anilines is 1. The number of hydrogen-bond acceptors (Lipinski definition) is 3. The second-order valence-electron chi connectivity index (χ2n) is 5.38. The highest BCUT2D eigenvalue weighted by Gasteiger charge is 2.28. The first-order chi connectivity index (χ1) is 10.9. The fourth-order valence-corrected chi connectivity index (χ4v) is 3.70. The van der Waals surface area contributed by atoms with Crippen molar-refractivity contribution < 1.29 is 13.2 Å². The number of sulfonamides is 1. The summed E-state index contributed by atoms with van der Waals surface area (Å²) in [7, 11) is -3.69. The van der Waals surface area contributed by atoms with Gasteiger partial charge in [-0.25, -0.2) is 13.1 Å². The Bertz CT molecular complexity index is 881. The van der Waals surface area contributed by atoms with Crippen LogP contribution in [0.25, 0.3) is 0 Å². The summed E-state index contributed by atoms with van der Waals surface area (Å²) < 4.78 is 27.4. The van der Waals surface area contributed by atoms with Crippen molar-refractivity contribution in [3.05, 3.63) is 58.6 Å². The maximum absolute atomic E-state index is 12.4. The predicted octanol–water partition coefficient (Wildman–Crippen LogP) is 2.87. The molecule has 0 aromatic heterocycles. The standard InChI is InChI=1S/C16H15ClN2O3S/c1-10-13-8-12(6-7-15(13)19-16(10)20)23(21,22)18-9-11-4-2-3-5-14(11)17/h2-8,10,18H,9H2,1H3,(H,19,20)/t10-/m0/s1. The van der Waals surface area contributed by atoms with Crippen LogP contribution in [-0.4, -0.2) is 14.3 Å². The summed E-state index contributed by atoms with van der Waals surface area (Å²) in [4.78, 5) is 11.8. The van der Waals surface area contributed by atoms with Crippen LogP contribution in [-0.2, 0) is 21.4 Å². The summed E-state index contributed by atoms with van der Waals surface area (Å²) in [6.45, 7) is 1.85. The summed E-state index contributed by atoms with van der Waals surface area (Å²) in [5.41, 5.74) is 2.05. The molecule has 2 aromatic carbocycles. The van der Waals surface area contributed by atoms with Crippen LogP contribution < -0.4 is 10.0 Å². The molecule has 3 rings (SSSR count). The third-order valence-corrected chi connectivity index (χ3v) is 5.63. The number of halogens is 1. The minimum absolute atomic E-state index is 0.103.